The van der Waals surface area contributed by atoms with Crippen molar-refractivity contribution in [2.75, 3.05) is 13.7 Å². The first-order chi connectivity index (χ1) is 13.1. The Morgan fingerprint density at radius 2 is 1.93 bits per heavy atom. The smallest absolute Gasteiger partial charge is 0.164 e. The van der Waals surface area contributed by atoms with Gasteiger partial charge in [0.1, 0.15) is 6.10 Å². The van der Waals surface area contributed by atoms with Gasteiger partial charge < -0.3 is 14.2 Å². The molecule has 3 aliphatic carbocycles. The predicted octanol–water partition coefficient (Wildman–Crippen LogP) is 4.69. The van der Waals surface area contributed by atoms with E-state index in [1.54, 1.807) is 7.11 Å². The van der Waals surface area contributed by atoms with Crippen LogP contribution in [0.3, 0.4) is 0 Å². The molecule has 1 saturated heterocycles. The van der Waals surface area contributed by atoms with Crippen molar-refractivity contribution in [2.45, 2.75) is 78.8 Å². The lowest BCUT2D eigenvalue weighted by Crippen LogP contribution is -2.42. The van der Waals surface area contributed by atoms with Crippen LogP contribution >= 0.6 is 0 Å². The summed E-state index contributed by atoms with van der Waals surface area (Å²) in [5.74, 6) is 1.19. The number of fused-ring (bicyclic) bond motifs is 4. The van der Waals surface area contributed by atoms with Crippen molar-refractivity contribution in [3.63, 3.8) is 0 Å². The molecular formula is C24H36O4. The molecule has 0 N–H and O–H groups in total. The Kier molecular flexibility index (Phi) is 4.92. The Hall–Kier alpha value is -0.970. The number of allylic oxidation sites excluding steroid dienone is 2. The Morgan fingerprint density at radius 3 is 2.57 bits per heavy atom. The van der Waals surface area contributed by atoms with E-state index in [1.807, 2.05) is 13.8 Å². The summed E-state index contributed by atoms with van der Waals surface area (Å²) in [6.45, 7) is 13.6. The number of methoxy groups -OCH3 is 1. The molecule has 2 fully saturated rings. The fourth-order valence-corrected chi connectivity index (χ4v) is 6.23. The van der Waals surface area contributed by atoms with Crippen LogP contribution in [0.2, 0.25) is 0 Å². The van der Waals surface area contributed by atoms with Gasteiger partial charge >= 0.3 is 0 Å². The maximum absolute atomic E-state index is 13.4. The molecule has 0 bridgehead atoms. The van der Waals surface area contributed by atoms with Gasteiger partial charge in [-0.25, -0.2) is 0 Å². The second-order valence-electron chi connectivity index (χ2n) is 10.3. The van der Waals surface area contributed by atoms with E-state index < -0.39 is 11.2 Å². The average molecular weight is 389 g/mol. The Balaban J connectivity index is 1.92. The minimum absolute atomic E-state index is 0.0148. The van der Waals surface area contributed by atoms with Crippen LogP contribution in [-0.4, -0.2) is 37.5 Å². The van der Waals surface area contributed by atoms with Gasteiger partial charge in [0, 0.05) is 19.4 Å². The fraction of sp³-hybridized carbons (Fsp3) is 0.792. The lowest BCUT2D eigenvalue weighted by atomic mass is 9.68. The van der Waals surface area contributed by atoms with E-state index in [-0.39, 0.29) is 12.2 Å². The number of Topliss-reactive ketones (excluding diaryl/α,β-unsaturated/α-hetero) is 1. The van der Waals surface area contributed by atoms with Crippen molar-refractivity contribution in [2.24, 2.45) is 29.1 Å². The monoisotopic (exact) mass is 388 g/mol. The van der Waals surface area contributed by atoms with Crippen LogP contribution in [0, 0.1) is 29.1 Å². The van der Waals surface area contributed by atoms with Gasteiger partial charge in [0.25, 0.3) is 0 Å². The van der Waals surface area contributed by atoms with Crippen molar-refractivity contribution in [1.29, 1.82) is 0 Å². The third-order valence-electron chi connectivity index (χ3n) is 7.65. The molecule has 1 heterocycles. The van der Waals surface area contributed by atoms with Gasteiger partial charge in [0.15, 0.2) is 11.6 Å². The molecule has 28 heavy (non-hydrogen) atoms. The fourth-order valence-electron chi connectivity index (χ4n) is 6.23. The van der Waals surface area contributed by atoms with Gasteiger partial charge in [-0.1, -0.05) is 38.0 Å². The van der Waals surface area contributed by atoms with Gasteiger partial charge in [-0.2, -0.15) is 0 Å². The molecule has 0 amide bonds. The third-order valence-corrected chi connectivity index (χ3v) is 7.65. The number of hydrogen-bond acceptors (Lipinski definition) is 4. The summed E-state index contributed by atoms with van der Waals surface area (Å²) in [5, 5.41) is 0. The molecule has 0 unspecified atom stereocenters. The van der Waals surface area contributed by atoms with E-state index in [1.165, 1.54) is 16.7 Å². The van der Waals surface area contributed by atoms with Gasteiger partial charge in [-0.15, -0.1) is 0 Å². The molecule has 4 nitrogen and oxygen atoms in total. The highest BCUT2D eigenvalue weighted by atomic mass is 16.8. The zero-order valence-corrected chi connectivity index (χ0v) is 18.5. The Bertz CT molecular complexity index is 731. The van der Waals surface area contributed by atoms with Gasteiger partial charge in [0.2, 0.25) is 0 Å². The maximum Gasteiger partial charge on any atom is 0.164 e. The van der Waals surface area contributed by atoms with E-state index in [0.717, 1.165) is 19.4 Å². The molecular weight excluding hydrogens is 352 g/mol. The third kappa shape index (κ3) is 2.95. The predicted molar refractivity (Wildman–Crippen MR) is 109 cm³/mol. The first-order valence-corrected chi connectivity index (χ1v) is 10.9. The Labute approximate surface area is 169 Å². The van der Waals surface area contributed by atoms with E-state index >= 15 is 0 Å². The molecule has 4 rings (SSSR count). The van der Waals surface area contributed by atoms with E-state index in [9.17, 15) is 4.79 Å². The van der Waals surface area contributed by atoms with Crippen LogP contribution in [0.15, 0.2) is 22.8 Å². The van der Waals surface area contributed by atoms with Crippen LogP contribution in [0.1, 0.15) is 60.8 Å². The van der Waals surface area contributed by atoms with Crippen LogP contribution in [0.5, 0.6) is 0 Å². The van der Waals surface area contributed by atoms with Crippen LogP contribution in [0.25, 0.3) is 0 Å². The van der Waals surface area contributed by atoms with Gasteiger partial charge in [-0.3, -0.25) is 4.79 Å². The first-order valence-electron chi connectivity index (χ1n) is 10.9. The molecule has 0 aromatic rings. The van der Waals surface area contributed by atoms with Crippen LogP contribution in [-0.2, 0) is 19.0 Å². The van der Waals surface area contributed by atoms with Crippen LogP contribution < -0.4 is 0 Å². The second kappa shape index (κ2) is 6.78. The van der Waals surface area contributed by atoms with Crippen molar-refractivity contribution in [3.05, 3.63) is 22.8 Å². The molecule has 156 valence electrons. The van der Waals surface area contributed by atoms with Gasteiger partial charge in [0.05, 0.1) is 18.1 Å². The molecule has 1 saturated carbocycles. The highest BCUT2D eigenvalue weighted by Gasteiger charge is 2.57. The van der Waals surface area contributed by atoms with Crippen LogP contribution in [0.4, 0.5) is 0 Å². The van der Waals surface area contributed by atoms with Crippen molar-refractivity contribution in [1.82, 2.24) is 0 Å². The zero-order valence-electron chi connectivity index (χ0n) is 18.5. The summed E-state index contributed by atoms with van der Waals surface area (Å²) in [6.07, 6.45) is 4.96. The highest BCUT2D eigenvalue weighted by Crippen LogP contribution is 2.56. The van der Waals surface area contributed by atoms with Crippen molar-refractivity contribution < 1.29 is 19.0 Å². The molecule has 6 atom stereocenters. The summed E-state index contributed by atoms with van der Waals surface area (Å²) in [6, 6.07) is 0. The Morgan fingerprint density at radius 1 is 1.21 bits per heavy atom. The quantitative estimate of drug-likeness (QED) is 0.658. The van der Waals surface area contributed by atoms with Gasteiger partial charge in [-0.05, 0) is 56.9 Å². The zero-order chi connectivity index (χ0) is 20.4. The topological polar surface area (TPSA) is 44.8 Å². The second-order valence-corrected chi connectivity index (χ2v) is 10.3. The maximum atomic E-state index is 13.4. The minimum atomic E-state index is -0.625. The number of carbonyl (C=O) groups excluding carboxylic acids is 1. The molecule has 4 aliphatic rings. The SMILES string of the molecule is COC[C@H]1CC[C@@H]2/C1=C\[C@@]1(C)C(=O)CC(C(C)C)=C1[C@H]1OC(C)(C)O[C@@H]1[C@@H]2C. The number of rotatable bonds is 3. The standard InChI is InChI=1S/C24H36O4/c1-13(2)17-10-19(25)24(6)11-18-15(12-26-7)8-9-16(18)14(3)21-22(20(17)24)28-23(4,5)27-21/h11,13-16,21-22H,8-10,12H2,1-7H3/b18-11-/t14-,15-,16+,21-,22-,24+/m1/s1. The average Bonchev–Trinajstić information content (AvgIpc) is 3.21. The normalized spacial score (nSPS) is 44.1. The summed E-state index contributed by atoms with van der Waals surface area (Å²) >= 11 is 0. The summed E-state index contributed by atoms with van der Waals surface area (Å²) in [5.41, 5.74) is 3.27. The minimum Gasteiger partial charge on any atom is -0.384 e. The molecule has 0 aromatic carbocycles. The number of ether oxygens (including phenoxy) is 3. The molecule has 4 heteroatoms. The molecule has 0 radical (unpaired) electrons. The number of carbonyl (C=O) groups is 1. The summed E-state index contributed by atoms with van der Waals surface area (Å²) < 4.78 is 18.5. The molecule has 1 aliphatic heterocycles. The first kappa shape index (κ1) is 20.3. The lowest BCUT2D eigenvalue weighted by Gasteiger charge is -2.38. The van der Waals surface area contributed by atoms with Crippen molar-refractivity contribution in [3.8, 4) is 0 Å². The largest absolute Gasteiger partial charge is 0.384 e. The number of ketones is 1. The van der Waals surface area contributed by atoms with E-state index in [0.29, 0.717) is 35.9 Å². The van der Waals surface area contributed by atoms with Crippen molar-refractivity contribution >= 4 is 5.78 Å². The lowest BCUT2D eigenvalue weighted by molar-refractivity contribution is -0.149. The molecule has 0 spiro atoms. The highest BCUT2D eigenvalue weighted by molar-refractivity contribution is 5.96. The van der Waals surface area contributed by atoms with E-state index in [4.69, 9.17) is 14.2 Å². The van der Waals surface area contributed by atoms with E-state index in [2.05, 4.69) is 33.8 Å². The molecule has 0 aromatic heterocycles. The summed E-state index contributed by atoms with van der Waals surface area (Å²) in [4.78, 5) is 13.4. The number of hydrogen-bond donors (Lipinski definition) is 0. The summed E-state index contributed by atoms with van der Waals surface area (Å²) in [7, 11) is 1.78.